The Kier molecular flexibility index (Phi) is 3.53. The normalized spacial score (nSPS) is 19.4. The van der Waals surface area contributed by atoms with Gasteiger partial charge in [-0.15, -0.1) is 0 Å². The Morgan fingerprint density at radius 2 is 1.75 bits per heavy atom. The molecule has 0 spiro atoms. The number of halogens is 2. The van der Waals surface area contributed by atoms with Gasteiger partial charge in [0.15, 0.2) is 0 Å². The van der Waals surface area contributed by atoms with Crippen LogP contribution in [0, 0.1) is 11.6 Å². The lowest BCUT2D eigenvalue weighted by Gasteiger charge is -2.18. The molecule has 0 unspecified atom stereocenters. The maximum atomic E-state index is 13.5. The Morgan fingerprint density at radius 1 is 1.05 bits per heavy atom. The first-order valence-electron chi connectivity index (χ1n) is 6.86. The minimum atomic E-state index is -0.505. The lowest BCUT2D eigenvalue weighted by Crippen LogP contribution is -2.17. The van der Waals surface area contributed by atoms with E-state index in [2.05, 4.69) is 24.1 Å². The summed E-state index contributed by atoms with van der Waals surface area (Å²) in [4.78, 5) is 2.24. The zero-order valence-corrected chi connectivity index (χ0v) is 11.4. The first-order valence-corrected chi connectivity index (χ1v) is 6.86. The predicted octanol–water partition coefficient (Wildman–Crippen LogP) is 3.93. The van der Waals surface area contributed by atoms with Crippen molar-refractivity contribution in [3.05, 3.63) is 70.8 Å². The molecule has 20 heavy (non-hydrogen) atoms. The molecule has 2 aromatic rings. The van der Waals surface area contributed by atoms with Gasteiger partial charge in [-0.3, -0.25) is 0 Å². The Bertz CT molecular complexity index is 604. The first kappa shape index (κ1) is 13.3. The molecule has 1 heterocycles. The molecular weight excluding hydrogens is 256 g/mol. The van der Waals surface area contributed by atoms with E-state index in [1.165, 1.54) is 23.3 Å². The summed E-state index contributed by atoms with van der Waals surface area (Å²) < 4.78 is 27.0. The van der Waals surface area contributed by atoms with E-state index in [1.54, 1.807) is 0 Å². The molecule has 0 saturated carbocycles. The van der Waals surface area contributed by atoms with Crippen LogP contribution in [0.4, 0.5) is 8.78 Å². The second-order valence-electron chi connectivity index (χ2n) is 5.48. The summed E-state index contributed by atoms with van der Waals surface area (Å²) in [6.45, 7) is 1.79. The minimum absolute atomic E-state index is 0.0568. The number of fused-ring (bicyclic) bond motifs is 1. The third kappa shape index (κ3) is 2.59. The van der Waals surface area contributed by atoms with Crippen LogP contribution < -0.4 is 0 Å². The zero-order chi connectivity index (χ0) is 14.1. The van der Waals surface area contributed by atoms with Gasteiger partial charge < -0.3 is 4.90 Å². The van der Waals surface area contributed by atoms with Crippen LogP contribution in [0.2, 0.25) is 0 Å². The molecule has 3 rings (SSSR count). The van der Waals surface area contributed by atoms with Crippen molar-refractivity contribution in [1.29, 1.82) is 0 Å². The number of hydrogen-bond acceptors (Lipinski definition) is 1. The van der Waals surface area contributed by atoms with Crippen LogP contribution in [0.1, 0.15) is 29.0 Å². The van der Waals surface area contributed by atoms with E-state index in [4.69, 9.17) is 0 Å². The molecule has 1 atom stereocenters. The number of hydrogen-bond donors (Lipinski definition) is 0. The van der Waals surface area contributed by atoms with Crippen molar-refractivity contribution in [2.24, 2.45) is 0 Å². The predicted molar refractivity (Wildman–Crippen MR) is 75.6 cm³/mol. The van der Waals surface area contributed by atoms with Gasteiger partial charge in [0.2, 0.25) is 0 Å². The lowest BCUT2D eigenvalue weighted by atomic mass is 9.86. The van der Waals surface area contributed by atoms with Crippen LogP contribution in [-0.2, 0) is 6.54 Å². The molecular formula is C17H17F2N. The molecule has 1 aliphatic heterocycles. The average Bonchev–Trinajstić information content (AvgIpc) is 2.55. The van der Waals surface area contributed by atoms with E-state index in [9.17, 15) is 8.78 Å². The SMILES string of the molecule is CN1CC[C@@H](c2cc(F)cc(F)c2)c2ccccc2C1. The number of nitrogens with zero attached hydrogens (tertiary/aromatic N) is 1. The van der Waals surface area contributed by atoms with Crippen molar-refractivity contribution in [1.82, 2.24) is 4.90 Å². The third-order valence-electron chi connectivity index (χ3n) is 3.96. The summed E-state index contributed by atoms with van der Waals surface area (Å²) in [6, 6.07) is 12.0. The van der Waals surface area contributed by atoms with E-state index in [1.807, 2.05) is 12.1 Å². The van der Waals surface area contributed by atoms with Crippen LogP contribution in [0.15, 0.2) is 42.5 Å². The fourth-order valence-corrected chi connectivity index (χ4v) is 3.02. The molecule has 3 heteroatoms. The topological polar surface area (TPSA) is 3.24 Å². The summed E-state index contributed by atoms with van der Waals surface area (Å²) >= 11 is 0. The van der Waals surface area contributed by atoms with E-state index in [0.717, 1.165) is 31.1 Å². The highest BCUT2D eigenvalue weighted by Crippen LogP contribution is 2.34. The van der Waals surface area contributed by atoms with Gasteiger partial charge in [-0.1, -0.05) is 24.3 Å². The number of rotatable bonds is 1. The van der Waals surface area contributed by atoms with Crippen molar-refractivity contribution >= 4 is 0 Å². The molecule has 2 aromatic carbocycles. The summed E-state index contributed by atoms with van der Waals surface area (Å²) in [5, 5.41) is 0. The van der Waals surface area contributed by atoms with Crippen LogP contribution in [0.25, 0.3) is 0 Å². The molecule has 0 radical (unpaired) electrons. The molecule has 0 amide bonds. The number of benzene rings is 2. The first-order chi connectivity index (χ1) is 9.63. The third-order valence-corrected chi connectivity index (χ3v) is 3.96. The van der Waals surface area contributed by atoms with E-state index in [0.29, 0.717) is 0 Å². The fraction of sp³-hybridized carbons (Fsp3) is 0.294. The van der Waals surface area contributed by atoms with E-state index >= 15 is 0 Å². The molecule has 0 bridgehead atoms. The maximum absolute atomic E-state index is 13.5. The maximum Gasteiger partial charge on any atom is 0.126 e. The highest BCUT2D eigenvalue weighted by atomic mass is 19.1. The minimum Gasteiger partial charge on any atom is -0.302 e. The van der Waals surface area contributed by atoms with E-state index in [-0.39, 0.29) is 5.92 Å². The molecule has 0 fully saturated rings. The van der Waals surface area contributed by atoms with Crippen molar-refractivity contribution in [3.8, 4) is 0 Å². The van der Waals surface area contributed by atoms with Gasteiger partial charge in [0.25, 0.3) is 0 Å². The van der Waals surface area contributed by atoms with Crippen molar-refractivity contribution in [2.75, 3.05) is 13.6 Å². The van der Waals surface area contributed by atoms with Gasteiger partial charge in [-0.05, 0) is 48.8 Å². The Morgan fingerprint density at radius 3 is 2.50 bits per heavy atom. The largest absolute Gasteiger partial charge is 0.302 e. The van der Waals surface area contributed by atoms with Gasteiger partial charge in [0.05, 0.1) is 0 Å². The molecule has 104 valence electrons. The smallest absolute Gasteiger partial charge is 0.126 e. The van der Waals surface area contributed by atoms with Crippen molar-refractivity contribution in [2.45, 2.75) is 18.9 Å². The molecule has 0 aliphatic carbocycles. The van der Waals surface area contributed by atoms with Gasteiger partial charge in [-0.2, -0.15) is 0 Å². The van der Waals surface area contributed by atoms with Crippen LogP contribution in [0.3, 0.4) is 0 Å². The van der Waals surface area contributed by atoms with Crippen LogP contribution in [0.5, 0.6) is 0 Å². The lowest BCUT2D eigenvalue weighted by molar-refractivity contribution is 0.328. The molecule has 1 aliphatic rings. The average molecular weight is 273 g/mol. The Hall–Kier alpha value is -1.74. The van der Waals surface area contributed by atoms with Crippen molar-refractivity contribution < 1.29 is 8.78 Å². The second-order valence-corrected chi connectivity index (χ2v) is 5.48. The molecule has 1 nitrogen and oxygen atoms in total. The summed E-state index contributed by atoms with van der Waals surface area (Å²) in [5.41, 5.74) is 3.15. The Balaban J connectivity index is 2.08. The van der Waals surface area contributed by atoms with Gasteiger partial charge in [0.1, 0.15) is 11.6 Å². The molecule has 0 N–H and O–H groups in total. The summed E-state index contributed by atoms with van der Waals surface area (Å²) in [7, 11) is 2.07. The molecule has 0 saturated heterocycles. The molecule has 0 aromatic heterocycles. The quantitative estimate of drug-likeness (QED) is 0.761. The highest BCUT2D eigenvalue weighted by Gasteiger charge is 2.22. The van der Waals surface area contributed by atoms with Crippen molar-refractivity contribution in [3.63, 3.8) is 0 Å². The second kappa shape index (κ2) is 5.33. The highest BCUT2D eigenvalue weighted by molar-refractivity contribution is 5.39. The standard InChI is InChI=1S/C17H17F2N/c1-20-7-6-17(13-8-14(18)10-15(19)9-13)16-5-3-2-4-12(16)11-20/h2-5,8-10,17H,6-7,11H2,1H3/t17-/m0/s1. The summed E-state index contributed by atoms with van der Waals surface area (Å²) in [6.07, 6.45) is 0.871. The summed E-state index contributed by atoms with van der Waals surface area (Å²) in [5.74, 6) is -0.952. The van der Waals surface area contributed by atoms with Gasteiger partial charge >= 0.3 is 0 Å². The van der Waals surface area contributed by atoms with Crippen LogP contribution >= 0.6 is 0 Å². The fourth-order valence-electron chi connectivity index (χ4n) is 3.02. The monoisotopic (exact) mass is 273 g/mol. The van der Waals surface area contributed by atoms with Gasteiger partial charge in [0, 0.05) is 18.5 Å². The zero-order valence-electron chi connectivity index (χ0n) is 11.4. The van der Waals surface area contributed by atoms with Gasteiger partial charge in [-0.25, -0.2) is 8.78 Å². The van der Waals surface area contributed by atoms with Crippen LogP contribution in [-0.4, -0.2) is 18.5 Å². The van der Waals surface area contributed by atoms with E-state index < -0.39 is 11.6 Å². The Labute approximate surface area is 117 Å².